The molecule has 0 saturated carbocycles. The van der Waals surface area contributed by atoms with Gasteiger partial charge in [0.25, 0.3) is 0 Å². The minimum Gasteiger partial charge on any atom is -0.267 e. The Morgan fingerprint density at radius 1 is 1.00 bits per heavy atom. The third-order valence-corrected chi connectivity index (χ3v) is 4.67. The van der Waals surface area contributed by atoms with E-state index in [1.54, 1.807) is 0 Å². The standard InChI is InChI=1S/C14H21BrN4/c1-6-12-9(3)16-19(11(12)5)8-13-14(15)10(4)17-18(13)7-2/h6-8H2,1-5H3. The molecular formula is C14H21BrN4. The fourth-order valence-electron chi connectivity index (χ4n) is 2.56. The van der Waals surface area contributed by atoms with Crippen LogP contribution in [0.2, 0.25) is 0 Å². The molecule has 0 unspecified atom stereocenters. The molecule has 0 aliphatic carbocycles. The molecule has 2 heterocycles. The lowest BCUT2D eigenvalue weighted by Gasteiger charge is -2.08. The van der Waals surface area contributed by atoms with E-state index in [9.17, 15) is 0 Å². The summed E-state index contributed by atoms with van der Waals surface area (Å²) in [6, 6.07) is 0. The SMILES string of the molecule is CCc1c(C)nn(Cc2c(Br)c(C)nn2CC)c1C. The van der Waals surface area contributed by atoms with Crippen molar-refractivity contribution in [3.63, 3.8) is 0 Å². The van der Waals surface area contributed by atoms with Gasteiger partial charge in [0.1, 0.15) is 0 Å². The minimum absolute atomic E-state index is 0.766. The Hall–Kier alpha value is -1.10. The summed E-state index contributed by atoms with van der Waals surface area (Å²) in [6.07, 6.45) is 1.03. The smallest absolute Gasteiger partial charge is 0.0843 e. The molecule has 0 fully saturated rings. The van der Waals surface area contributed by atoms with Gasteiger partial charge >= 0.3 is 0 Å². The normalized spacial score (nSPS) is 11.3. The first-order chi connectivity index (χ1) is 8.99. The highest BCUT2D eigenvalue weighted by Gasteiger charge is 2.16. The summed E-state index contributed by atoms with van der Waals surface area (Å²) in [7, 11) is 0. The van der Waals surface area contributed by atoms with Gasteiger partial charge in [-0.05, 0) is 55.6 Å². The molecule has 0 saturated heterocycles. The van der Waals surface area contributed by atoms with Crippen LogP contribution in [-0.4, -0.2) is 19.6 Å². The molecule has 0 spiro atoms. The first kappa shape index (κ1) is 14.3. The van der Waals surface area contributed by atoms with Crippen molar-refractivity contribution in [3.05, 3.63) is 32.8 Å². The number of rotatable bonds is 4. The zero-order valence-electron chi connectivity index (χ0n) is 12.3. The van der Waals surface area contributed by atoms with Gasteiger partial charge in [-0.3, -0.25) is 9.36 Å². The second-order valence-corrected chi connectivity index (χ2v) is 5.62. The van der Waals surface area contributed by atoms with E-state index in [4.69, 9.17) is 0 Å². The summed E-state index contributed by atoms with van der Waals surface area (Å²) < 4.78 is 5.23. The lowest BCUT2D eigenvalue weighted by atomic mass is 10.1. The second kappa shape index (κ2) is 5.49. The first-order valence-electron chi connectivity index (χ1n) is 6.74. The van der Waals surface area contributed by atoms with Crippen LogP contribution in [0.15, 0.2) is 4.47 Å². The second-order valence-electron chi connectivity index (χ2n) is 4.82. The third-order valence-electron chi connectivity index (χ3n) is 3.64. The molecule has 0 bridgehead atoms. The van der Waals surface area contributed by atoms with Crippen LogP contribution in [0.5, 0.6) is 0 Å². The Morgan fingerprint density at radius 2 is 1.63 bits per heavy atom. The number of nitrogens with zero attached hydrogens (tertiary/aromatic N) is 4. The van der Waals surface area contributed by atoms with Crippen molar-refractivity contribution in [2.75, 3.05) is 0 Å². The van der Waals surface area contributed by atoms with Gasteiger partial charge in [-0.25, -0.2) is 0 Å². The van der Waals surface area contributed by atoms with Crippen molar-refractivity contribution >= 4 is 15.9 Å². The van der Waals surface area contributed by atoms with Crippen LogP contribution in [0.4, 0.5) is 0 Å². The van der Waals surface area contributed by atoms with Crippen LogP contribution in [-0.2, 0) is 19.5 Å². The quantitative estimate of drug-likeness (QED) is 0.864. The zero-order chi connectivity index (χ0) is 14.2. The maximum Gasteiger partial charge on any atom is 0.0843 e. The maximum absolute atomic E-state index is 4.66. The van der Waals surface area contributed by atoms with E-state index >= 15 is 0 Å². The summed E-state index contributed by atoms with van der Waals surface area (Å²) in [5.74, 6) is 0. The molecule has 0 aromatic carbocycles. The van der Waals surface area contributed by atoms with Gasteiger partial charge in [0.15, 0.2) is 0 Å². The Labute approximate surface area is 122 Å². The Morgan fingerprint density at radius 3 is 2.16 bits per heavy atom. The molecule has 104 valence electrons. The fraction of sp³-hybridized carbons (Fsp3) is 0.571. The molecule has 0 atom stereocenters. The third kappa shape index (κ3) is 2.48. The summed E-state index contributed by atoms with van der Waals surface area (Å²) in [5, 5.41) is 9.19. The minimum atomic E-state index is 0.766. The Bertz CT molecular complexity index is 595. The van der Waals surface area contributed by atoms with Gasteiger partial charge in [0, 0.05) is 12.2 Å². The van der Waals surface area contributed by atoms with Crippen molar-refractivity contribution in [1.29, 1.82) is 0 Å². The van der Waals surface area contributed by atoms with E-state index in [0.717, 1.165) is 35.4 Å². The highest BCUT2D eigenvalue weighted by Crippen LogP contribution is 2.23. The molecule has 2 aromatic heterocycles. The number of halogens is 1. The summed E-state index contributed by atoms with van der Waals surface area (Å²) >= 11 is 3.64. The van der Waals surface area contributed by atoms with Crippen LogP contribution in [0, 0.1) is 20.8 Å². The molecule has 5 heteroatoms. The lowest BCUT2D eigenvalue weighted by molar-refractivity contribution is 0.565. The average molecular weight is 325 g/mol. The van der Waals surface area contributed by atoms with Crippen LogP contribution in [0.3, 0.4) is 0 Å². The maximum atomic E-state index is 4.66. The van der Waals surface area contributed by atoms with Crippen molar-refractivity contribution in [1.82, 2.24) is 19.6 Å². The molecule has 0 amide bonds. The number of hydrogen-bond donors (Lipinski definition) is 0. The molecule has 0 aliphatic rings. The zero-order valence-corrected chi connectivity index (χ0v) is 13.9. The Kier molecular flexibility index (Phi) is 4.13. The van der Waals surface area contributed by atoms with Gasteiger partial charge in [0.05, 0.1) is 28.1 Å². The van der Waals surface area contributed by atoms with Crippen LogP contribution in [0.25, 0.3) is 0 Å². The topological polar surface area (TPSA) is 35.6 Å². The molecule has 0 aliphatic heterocycles. The molecule has 0 N–H and O–H groups in total. The van der Waals surface area contributed by atoms with Gasteiger partial charge < -0.3 is 0 Å². The number of aromatic nitrogens is 4. The number of aryl methyl sites for hydroxylation is 3. The molecule has 19 heavy (non-hydrogen) atoms. The van der Waals surface area contributed by atoms with Crippen LogP contribution >= 0.6 is 15.9 Å². The van der Waals surface area contributed by atoms with Gasteiger partial charge in [0.2, 0.25) is 0 Å². The van der Waals surface area contributed by atoms with Crippen molar-refractivity contribution < 1.29 is 0 Å². The summed E-state index contributed by atoms with van der Waals surface area (Å²) in [4.78, 5) is 0. The highest BCUT2D eigenvalue weighted by atomic mass is 79.9. The van der Waals surface area contributed by atoms with E-state index in [2.05, 4.69) is 58.5 Å². The molecule has 2 rings (SSSR count). The lowest BCUT2D eigenvalue weighted by Crippen LogP contribution is -2.11. The van der Waals surface area contributed by atoms with Gasteiger partial charge in [-0.15, -0.1) is 0 Å². The molecular weight excluding hydrogens is 304 g/mol. The van der Waals surface area contributed by atoms with Gasteiger partial charge in [-0.2, -0.15) is 10.2 Å². The van der Waals surface area contributed by atoms with Crippen molar-refractivity contribution in [2.24, 2.45) is 0 Å². The van der Waals surface area contributed by atoms with Crippen LogP contribution in [0.1, 0.15) is 42.2 Å². The molecule has 0 radical (unpaired) electrons. The van der Waals surface area contributed by atoms with Crippen LogP contribution < -0.4 is 0 Å². The largest absolute Gasteiger partial charge is 0.267 e. The molecule has 2 aromatic rings. The van der Waals surface area contributed by atoms with Gasteiger partial charge in [-0.1, -0.05) is 6.92 Å². The van der Waals surface area contributed by atoms with E-state index in [1.165, 1.54) is 17.0 Å². The monoisotopic (exact) mass is 324 g/mol. The van der Waals surface area contributed by atoms with E-state index < -0.39 is 0 Å². The highest BCUT2D eigenvalue weighted by molar-refractivity contribution is 9.10. The fourth-order valence-corrected chi connectivity index (χ4v) is 2.97. The van der Waals surface area contributed by atoms with Crippen molar-refractivity contribution in [2.45, 2.75) is 54.1 Å². The van der Waals surface area contributed by atoms with Crippen molar-refractivity contribution in [3.8, 4) is 0 Å². The predicted octanol–water partition coefficient (Wildman–Crippen LogP) is 3.40. The van der Waals surface area contributed by atoms with E-state index in [1.807, 2.05) is 11.6 Å². The number of hydrogen-bond acceptors (Lipinski definition) is 2. The summed E-state index contributed by atoms with van der Waals surface area (Å²) in [5.41, 5.74) is 5.97. The average Bonchev–Trinajstić information content (AvgIpc) is 2.80. The molecule has 4 nitrogen and oxygen atoms in total. The van der Waals surface area contributed by atoms with E-state index in [0.29, 0.717) is 0 Å². The van der Waals surface area contributed by atoms with E-state index in [-0.39, 0.29) is 0 Å². The predicted molar refractivity (Wildman–Crippen MR) is 80.5 cm³/mol. The summed E-state index contributed by atoms with van der Waals surface area (Å²) in [6.45, 7) is 12.2. The Balaban J connectivity index is 2.42. The first-order valence-corrected chi connectivity index (χ1v) is 7.53.